The number of unbranched alkanes of at least 4 members (excludes halogenated alkanes) is 1. The molecule has 1 aliphatic heterocycles. The highest BCUT2D eigenvalue weighted by molar-refractivity contribution is 6.00. The number of para-hydroxylation sites is 1. The molecule has 0 bridgehead atoms. The summed E-state index contributed by atoms with van der Waals surface area (Å²) in [5.41, 5.74) is 4.17. The molecule has 1 aromatic heterocycles. The molecule has 3 N–H and O–H groups in total. The minimum atomic E-state index is -0.522. The average molecular weight is 892 g/mol. The summed E-state index contributed by atoms with van der Waals surface area (Å²) in [6, 6.07) is 15.2. The molecule has 4 rings (SSSR count). The Morgan fingerprint density at radius 2 is 1.45 bits per heavy atom. The largest absolute Gasteiger partial charge is 0.448 e. The topological polar surface area (TPSA) is 184 Å². The van der Waals surface area contributed by atoms with Gasteiger partial charge >= 0.3 is 6.09 Å². The van der Waals surface area contributed by atoms with Gasteiger partial charge in [-0.15, -0.1) is 5.10 Å². The highest BCUT2D eigenvalue weighted by Crippen LogP contribution is 2.41. The Kier molecular flexibility index (Phi) is 21.3. The summed E-state index contributed by atoms with van der Waals surface area (Å²) in [7, 11) is 1.65. The number of ether oxygens (including phenoxy) is 5. The molecular weight excluding hydrogens is 819 g/mol. The molecular formula is C48H73N7O9. The first-order valence-electron chi connectivity index (χ1n) is 22.7. The van der Waals surface area contributed by atoms with Gasteiger partial charge in [-0.2, -0.15) is 0 Å². The second-order valence-electron chi connectivity index (χ2n) is 18.2. The maximum Gasteiger partial charge on any atom is 0.407 e. The standard InChI is InChI=1S/C48H73N7O9/c1-9-49-39(45(58)35(2)3)19-14-15-23-51-46(59)64-27-25-55-44-37-17-11-10-16-36(37)30-54(40-20-13-12-18-38(40)43(44)52-53-55)42(57)21-24-50-41(56)22-26-61-31-47(4,5)33-63-34-48(6,7)32-62-29-28-60-8/h10-13,16-18,20,35,39,49H,9,14-15,19,21-34H2,1-8H3,(H,50,56)(H,51,59). The van der Waals surface area contributed by atoms with E-state index in [9.17, 15) is 19.2 Å². The Bertz CT molecular complexity index is 1930. The van der Waals surface area contributed by atoms with Crippen LogP contribution in [0.15, 0.2) is 48.5 Å². The summed E-state index contributed by atoms with van der Waals surface area (Å²) in [5.74, 6) is -0.165. The van der Waals surface area contributed by atoms with E-state index in [1.807, 2.05) is 69.3 Å². The highest BCUT2D eigenvalue weighted by atomic mass is 16.5. The van der Waals surface area contributed by atoms with Crippen molar-refractivity contribution in [2.24, 2.45) is 16.7 Å². The van der Waals surface area contributed by atoms with Gasteiger partial charge in [0.1, 0.15) is 12.3 Å². The fourth-order valence-corrected chi connectivity index (χ4v) is 7.35. The van der Waals surface area contributed by atoms with Gasteiger partial charge < -0.3 is 44.5 Å². The van der Waals surface area contributed by atoms with Crippen molar-refractivity contribution in [3.8, 4) is 22.5 Å². The van der Waals surface area contributed by atoms with E-state index in [0.29, 0.717) is 57.6 Å². The summed E-state index contributed by atoms with van der Waals surface area (Å²) in [6.07, 6.45) is 1.98. The number of hydrogen-bond donors (Lipinski definition) is 3. The van der Waals surface area contributed by atoms with Crippen LogP contribution in [-0.2, 0) is 51.2 Å². The SMILES string of the molecule is CCNC(CCCCNC(=O)OCCn1nnc2c1-c1ccccc1CN(C(=O)CCNC(=O)CCOCC(C)(C)COCC(C)(C)COCCOC)c1ccccc1-2)C(=O)C(C)C. The van der Waals surface area contributed by atoms with E-state index in [1.54, 1.807) is 16.7 Å². The molecule has 0 saturated heterocycles. The van der Waals surface area contributed by atoms with Crippen LogP contribution in [0.2, 0.25) is 0 Å². The molecule has 0 fully saturated rings. The average Bonchev–Trinajstić information content (AvgIpc) is 3.67. The number of Topliss-reactive ketones (excluding diaryl/α,β-unsaturated/α-hetero) is 1. The number of amides is 3. The van der Waals surface area contributed by atoms with Crippen LogP contribution in [0.1, 0.15) is 86.1 Å². The quantitative estimate of drug-likeness (QED) is 0.0672. The summed E-state index contributed by atoms with van der Waals surface area (Å²) < 4.78 is 29.9. The number of alkyl carbamates (subject to hydrolysis) is 1. The number of aromatic nitrogens is 3. The number of anilines is 1. The van der Waals surface area contributed by atoms with Crippen molar-refractivity contribution >= 4 is 29.4 Å². The maximum absolute atomic E-state index is 14.0. The van der Waals surface area contributed by atoms with Crippen molar-refractivity contribution in [3.63, 3.8) is 0 Å². The van der Waals surface area contributed by atoms with Crippen LogP contribution in [-0.4, -0.2) is 124 Å². The van der Waals surface area contributed by atoms with Crippen molar-refractivity contribution < 1.29 is 42.9 Å². The number of nitrogens with one attached hydrogen (secondary N) is 3. The predicted octanol–water partition coefficient (Wildman–Crippen LogP) is 6.20. The maximum atomic E-state index is 14.0. The number of likely N-dealkylation sites (N-methyl/N-ethyl adjacent to an activating group) is 1. The molecule has 1 unspecified atom stereocenters. The summed E-state index contributed by atoms with van der Waals surface area (Å²) >= 11 is 0. The lowest BCUT2D eigenvalue weighted by Gasteiger charge is -2.29. The van der Waals surface area contributed by atoms with Gasteiger partial charge in [0.25, 0.3) is 0 Å². The molecule has 2 aromatic carbocycles. The van der Waals surface area contributed by atoms with Gasteiger partial charge in [0.15, 0.2) is 5.78 Å². The Morgan fingerprint density at radius 3 is 2.16 bits per heavy atom. The molecule has 3 amide bonds. The molecule has 16 nitrogen and oxygen atoms in total. The molecule has 1 atom stereocenters. The van der Waals surface area contributed by atoms with Crippen LogP contribution in [0.3, 0.4) is 0 Å². The first kappa shape index (κ1) is 51.9. The van der Waals surface area contributed by atoms with E-state index >= 15 is 0 Å². The van der Waals surface area contributed by atoms with Crippen LogP contribution in [0, 0.1) is 16.7 Å². The van der Waals surface area contributed by atoms with E-state index in [1.165, 1.54) is 0 Å². The van der Waals surface area contributed by atoms with E-state index in [2.05, 4.69) is 54.0 Å². The minimum absolute atomic E-state index is 0.0303. The number of ketones is 1. The number of carbonyl (C=O) groups excluding carboxylic acids is 4. The normalized spacial score (nSPS) is 13.0. The lowest BCUT2D eigenvalue weighted by atomic mass is 9.94. The van der Waals surface area contributed by atoms with Crippen LogP contribution in [0.25, 0.3) is 22.5 Å². The Hall–Kier alpha value is -4.74. The van der Waals surface area contributed by atoms with E-state index in [0.717, 1.165) is 48.2 Å². The first-order valence-corrected chi connectivity index (χ1v) is 22.7. The van der Waals surface area contributed by atoms with Gasteiger partial charge in [0.2, 0.25) is 11.8 Å². The molecule has 1 aliphatic rings. The van der Waals surface area contributed by atoms with Crippen molar-refractivity contribution in [1.82, 2.24) is 30.9 Å². The monoisotopic (exact) mass is 892 g/mol. The number of benzene rings is 2. The number of methoxy groups -OCH3 is 1. The first-order chi connectivity index (χ1) is 30.7. The van der Waals surface area contributed by atoms with Gasteiger partial charge in [-0.05, 0) is 37.4 Å². The Balaban J connectivity index is 1.26. The van der Waals surface area contributed by atoms with Crippen molar-refractivity contribution in [2.45, 2.75) is 99.7 Å². The Morgan fingerprint density at radius 1 is 0.781 bits per heavy atom. The van der Waals surface area contributed by atoms with E-state index < -0.39 is 6.09 Å². The molecule has 16 heteroatoms. The smallest absolute Gasteiger partial charge is 0.407 e. The van der Waals surface area contributed by atoms with Gasteiger partial charge in [-0.25, -0.2) is 9.48 Å². The van der Waals surface area contributed by atoms with Crippen LogP contribution in [0.4, 0.5) is 10.5 Å². The van der Waals surface area contributed by atoms with Crippen molar-refractivity contribution in [2.75, 3.05) is 84.5 Å². The lowest BCUT2D eigenvalue weighted by Crippen LogP contribution is -2.39. The molecule has 0 spiro atoms. The zero-order chi connectivity index (χ0) is 46.5. The minimum Gasteiger partial charge on any atom is -0.448 e. The highest BCUT2D eigenvalue weighted by Gasteiger charge is 2.29. The fraction of sp³-hybridized carbons (Fsp3) is 0.625. The van der Waals surface area contributed by atoms with Gasteiger partial charge in [-0.3, -0.25) is 14.4 Å². The van der Waals surface area contributed by atoms with Crippen LogP contribution >= 0.6 is 0 Å². The molecule has 0 aliphatic carbocycles. The Labute approximate surface area is 379 Å². The molecule has 64 heavy (non-hydrogen) atoms. The third kappa shape index (κ3) is 16.7. The number of rotatable bonds is 29. The zero-order valence-corrected chi connectivity index (χ0v) is 39.5. The number of nitrogens with zero attached hydrogens (tertiary/aromatic N) is 4. The summed E-state index contributed by atoms with van der Waals surface area (Å²) in [5, 5.41) is 18.0. The van der Waals surface area contributed by atoms with Crippen LogP contribution < -0.4 is 20.9 Å². The second kappa shape index (κ2) is 26.3. The van der Waals surface area contributed by atoms with Gasteiger partial charge in [-0.1, -0.05) is 96.1 Å². The lowest BCUT2D eigenvalue weighted by molar-refractivity contribution is -0.124. The molecule has 354 valence electrons. The van der Waals surface area contributed by atoms with Crippen LogP contribution in [0.5, 0.6) is 0 Å². The molecule has 0 radical (unpaired) electrons. The third-order valence-electron chi connectivity index (χ3n) is 10.7. The van der Waals surface area contributed by atoms with E-state index in [4.69, 9.17) is 23.7 Å². The van der Waals surface area contributed by atoms with Gasteiger partial charge in [0.05, 0.1) is 76.8 Å². The van der Waals surface area contributed by atoms with Gasteiger partial charge in [0, 0.05) is 60.9 Å². The summed E-state index contributed by atoms with van der Waals surface area (Å²) in [4.78, 5) is 53.5. The number of carbonyl (C=O) groups is 4. The molecule has 0 saturated carbocycles. The van der Waals surface area contributed by atoms with E-state index in [-0.39, 0.29) is 86.1 Å². The predicted molar refractivity (Wildman–Crippen MR) is 247 cm³/mol. The molecule has 3 aromatic rings. The van der Waals surface area contributed by atoms with Crippen molar-refractivity contribution in [3.05, 3.63) is 54.1 Å². The molecule has 2 heterocycles. The number of hydrogen-bond acceptors (Lipinski definition) is 12. The third-order valence-corrected chi connectivity index (χ3v) is 10.7. The second-order valence-corrected chi connectivity index (χ2v) is 18.2. The fourth-order valence-electron chi connectivity index (χ4n) is 7.35. The zero-order valence-electron chi connectivity index (χ0n) is 39.5. The number of fused-ring (bicyclic) bond motifs is 5. The van der Waals surface area contributed by atoms with Crippen molar-refractivity contribution in [1.29, 1.82) is 0 Å². The summed E-state index contributed by atoms with van der Waals surface area (Å²) in [6.45, 7) is 19.5.